The molecule has 2 aromatic heterocycles. The number of hydrogen-bond acceptors (Lipinski definition) is 8. The third-order valence-corrected chi connectivity index (χ3v) is 8.08. The summed E-state index contributed by atoms with van der Waals surface area (Å²) >= 11 is 1.17. The summed E-state index contributed by atoms with van der Waals surface area (Å²) < 4.78 is 49.8. The number of rotatable bonds is 5. The Kier molecular flexibility index (Phi) is 4.49. The van der Waals surface area contributed by atoms with Crippen molar-refractivity contribution in [3.05, 3.63) is 29.1 Å². The highest BCUT2D eigenvalue weighted by Gasteiger charge is 2.28. The molecule has 3 heterocycles. The normalized spacial score (nSPS) is 20.0. The number of hydrogen-bond donors (Lipinski definition) is 2. The number of sulfonamides is 1. The van der Waals surface area contributed by atoms with E-state index in [2.05, 4.69) is 20.2 Å². The Balaban J connectivity index is 1.66. The van der Waals surface area contributed by atoms with Gasteiger partial charge in [-0.15, -0.1) is 21.5 Å². The van der Waals surface area contributed by atoms with Gasteiger partial charge in [-0.3, -0.25) is 4.72 Å². The molecule has 24 heavy (non-hydrogen) atoms. The molecule has 0 spiro atoms. The fourth-order valence-corrected chi connectivity index (χ4v) is 6.28. The molecule has 1 aliphatic heterocycles. The van der Waals surface area contributed by atoms with E-state index in [1.807, 2.05) is 6.92 Å². The van der Waals surface area contributed by atoms with Crippen LogP contribution >= 0.6 is 11.3 Å². The number of nitrogens with one attached hydrogen (secondary N) is 2. The lowest BCUT2D eigenvalue weighted by Gasteiger charge is -2.11. The zero-order valence-electron chi connectivity index (χ0n) is 12.8. The summed E-state index contributed by atoms with van der Waals surface area (Å²) in [5, 5.41) is 10.7. The van der Waals surface area contributed by atoms with Crippen LogP contribution in [0, 0.1) is 6.92 Å². The van der Waals surface area contributed by atoms with Crippen molar-refractivity contribution >= 4 is 42.8 Å². The molecule has 0 radical (unpaired) electrons. The van der Waals surface area contributed by atoms with Crippen LogP contribution in [0.25, 0.3) is 0 Å². The van der Waals surface area contributed by atoms with Gasteiger partial charge < -0.3 is 5.32 Å². The fourth-order valence-electron chi connectivity index (χ4n) is 2.33. The molecule has 1 atom stereocenters. The van der Waals surface area contributed by atoms with Crippen molar-refractivity contribution in [2.45, 2.75) is 23.6 Å². The molecule has 11 heteroatoms. The van der Waals surface area contributed by atoms with E-state index in [1.54, 1.807) is 12.1 Å². The quantitative estimate of drug-likeness (QED) is 0.791. The van der Waals surface area contributed by atoms with Crippen LogP contribution in [0.2, 0.25) is 0 Å². The SMILES string of the molecule is Cc1ccc(S(=O)(=O)Nc2ccc(NC3CCS(=O)(=O)C3)nn2)s1. The largest absolute Gasteiger partial charge is 0.365 e. The third kappa shape index (κ3) is 4.02. The summed E-state index contributed by atoms with van der Waals surface area (Å²) in [6, 6.07) is 6.12. The van der Waals surface area contributed by atoms with Crippen LogP contribution in [0.1, 0.15) is 11.3 Å². The highest BCUT2D eigenvalue weighted by atomic mass is 32.2. The molecule has 1 unspecified atom stereocenters. The summed E-state index contributed by atoms with van der Waals surface area (Å²) in [6.07, 6.45) is 0.524. The smallest absolute Gasteiger partial charge is 0.272 e. The van der Waals surface area contributed by atoms with E-state index in [9.17, 15) is 16.8 Å². The average Bonchev–Trinajstić information content (AvgIpc) is 3.07. The number of sulfone groups is 1. The van der Waals surface area contributed by atoms with Crippen LogP contribution in [0.4, 0.5) is 11.6 Å². The summed E-state index contributed by atoms with van der Waals surface area (Å²) in [5.74, 6) is 0.745. The molecule has 130 valence electrons. The van der Waals surface area contributed by atoms with Crippen LogP contribution in [-0.2, 0) is 19.9 Å². The third-order valence-electron chi connectivity index (χ3n) is 3.47. The van der Waals surface area contributed by atoms with Gasteiger partial charge in [-0.25, -0.2) is 16.8 Å². The maximum Gasteiger partial charge on any atom is 0.272 e. The Hall–Kier alpha value is -1.72. The van der Waals surface area contributed by atoms with Gasteiger partial charge in [-0.2, -0.15) is 0 Å². The minimum absolute atomic E-state index is 0.0702. The molecule has 0 bridgehead atoms. The molecule has 8 nitrogen and oxygen atoms in total. The van der Waals surface area contributed by atoms with E-state index in [0.717, 1.165) is 4.88 Å². The number of aromatic nitrogens is 2. The summed E-state index contributed by atoms with van der Waals surface area (Å²) in [5.41, 5.74) is 0. The van der Waals surface area contributed by atoms with Crippen LogP contribution in [0.3, 0.4) is 0 Å². The predicted molar refractivity (Wildman–Crippen MR) is 92.6 cm³/mol. The Labute approximate surface area is 144 Å². The minimum atomic E-state index is -3.68. The van der Waals surface area contributed by atoms with Crippen molar-refractivity contribution in [1.29, 1.82) is 0 Å². The molecule has 0 amide bonds. The van der Waals surface area contributed by atoms with E-state index >= 15 is 0 Å². The topological polar surface area (TPSA) is 118 Å². The van der Waals surface area contributed by atoms with Crippen molar-refractivity contribution < 1.29 is 16.8 Å². The van der Waals surface area contributed by atoms with Gasteiger partial charge in [-0.1, -0.05) is 0 Å². The van der Waals surface area contributed by atoms with Crippen molar-refractivity contribution in [2.24, 2.45) is 0 Å². The van der Waals surface area contributed by atoms with E-state index in [4.69, 9.17) is 0 Å². The second-order valence-corrected chi connectivity index (χ2v) is 10.9. The van der Waals surface area contributed by atoms with Crippen molar-refractivity contribution in [3.8, 4) is 0 Å². The molecule has 0 aromatic carbocycles. The van der Waals surface area contributed by atoms with Gasteiger partial charge >= 0.3 is 0 Å². The molecule has 1 saturated heterocycles. The molecule has 1 aliphatic rings. The maximum absolute atomic E-state index is 12.2. The Morgan fingerprint density at radius 1 is 1.17 bits per heavy atom. The number of anilines is 2. The summed E-state index contributed by atoms with van der Waals surface area (Å²) in [4.78, 5) is 0.896. The van der Waals surface area contributed by atoms with Gasteiger partial charge in [0.05, 0.1) is 11.5 Å². The molecular weight excluding hydrogens is 372 g/mol. The number of aryl methyl sites for hydroxylation is 1. The van der Waals surface area contributed by atoms with Gasteiger partial charge in [0.25, 0.3) is 10.0 Å². The lowest BCUT2D eigenvalue weighted by molar-refractivity contribution is 0.600. The van der Waals surface area contributed by atoms with E-state index < -0.39 is 19.9 Å². The minimum Gasteiger partial charge on any atom is -0.365 e. The first-order valence-electron chi connectivity index (χ1n) is 7.13. The molecule has 1 fully saturated rings. The zero-order valence-corrected chi connectivity index (χ0v) is 15.2. The lowest BCUT2D eigenvalue weighted by Crippen LogP contribution is -2.21. The van der Waals surface area contributed by atoms with Gasteiger partial charge in [0, 0.05) is 10.9 Å². The Morgan fingerprint density at radius 3 is 2.42 bits per heavy atom. The van der Waals surface area contributed by atoms with Crippen LogP contribution in [-0.4, -0.2) is 44.6 Å². The number of nitrogens with zero attached hydrogens (tertiary/aromatic N) is 2. The molecule has 3 rings (SSSR count). The Bertz CT molecular complexity index is 936. The van der Waals surface area contributed by atoms with Gasteiger partial charge in [-0.05, 0) is 37.6 Å². The first-order chi connectivity index (χ1) is 11.2. The maximum atomic E-state index is 12.2. The van der Waals surface area contributed by atoms with Gasteiger partial charge in [0.1, 0.15) is 10.0 Å². The van der Waals surface area contributed by atoms with E-state index in [1.165, 1.54) is 23.5 Å². The average molecular weight is 388 g/mol. The van der Waals surface area contributed by atoms with Gasteiger partial charge in [0.15, 0.2) is 15.7 Å². The monoisotopic (exact) mass is 388 g/mol. The van der Waals surface area contributed by atoms with Crippen LogP contribution in [0.15, 0.2) is 28.5 Å². The zero-order chi connectivity index (χ0) is 17.4. The second-order valence-electron chi connectivity index (χ2n) is 5.52. The van der Waals surface area contributed by atoms with Crippen molar-refractivity contribution in [2.75, 3.05) is 21.5 Å². The molecular formula is C13H16N4O4S3. The second kappa shape index (κ2) is 6.30. The van der Waals surface area contributed by atoms with E-state index in [-0.39, 0.29) is 27.6 Å². The first-order valence-corrected chi connectivity index (χ1v) is 11.3. The predicted octanol–water partition coefficient (Wildman–Crippen LogP) is 1.25. The van der Waals surface area contributed by atoms with E-state index in [0.29, 0.717) is 12.2 Å². The first kappa shape index (κ1) is 17.1. The summed E-state index contributed by atoms with van der Waals surface area (Å²) in [6.45, 7) is 1.83. The van der Waals surface area contributed by atoms with Gasteiger partial charge in [0.2, 0.25) is 0 Å². The Morgan fingerprint density at radius 2 is 1.88 bits per heavy atom. The van der Waals surface area contributed by atoms with Crippen LogP contribution < -0.4 is 10.0 Å². The molecule has 2 aromatic rings. The van der Waals surface area contributed by atoms with Crippen LogP contribution in [0.5, 0.6) is 0 Å². The fraction of sp³-hybridized carbons (Fsp3) is 0.385. The number of thiophene rings is 1. The van der Waals surface area contributed by atoms with Crippen molar-refractivity contribution in [1.82, 2.24) is 10.2 Å². The highest BCUT2D eigenvalue weighted by Crippen LogP contribution is 2.23. The highest BCUT2D eigenvalue weighted by molar-refractivity contribution is 7.94. The lowest BCUT2D eigenvalue weighted by atomic mass is 10.2. The van der Waals surface area contributed by atoms with Crippen molar-refractivity contribution in [3.63, 3.8) is 0 Å². The summed E-state index contributed by atoms with van der Waals surface area (Å²) in [7, 11) is -6.65. The standard InChI is InChI=1S/C13H16N4O4S3/c1-9-2-5-13(22-9)24(20,21)17-12-4-3-11(15-16-12)14-10-6-7-23(18,19)8-10/h2-5,10H,6-8H2,1H3,(H,14,15)(H,16,17). The molecule has 0 saturated carbocycles. The molecule has 2 N–H and O–H groups in total. The molecule has 0 aliphatic carbocycles.